The Balaban J connectivity index is 1.68. The van der Waals surface area contributed by atoms with E-state index in [9.17, 15) is 4.79 Å². The number of esters is 1. The normalized spacial score (nSPS) is 12.7. The fourth-order valence-electron chi connectivity index (χ4n) is 1.86. The maximum atomic E-state index is 12.0. The molecule has 0 saturated heterocycles. The number of carbonyl (C=O) groups is 1. The number of hydrogen-bond acceptors (Lipinski definition) is 7. The number of nitrogens with zero attached hydrogens (tertiary/aromatic N) is 2. The van der Waals surface area contributed by atoms with E-state index in [1.54, 1.807) is 0 Å². The van der Waals surface area contributed by atoms with Crippen LogP contribution in [-0.4, -0.2) is 22.9 Å². The molecule has 116 valence electrons. The lowest BCUT2D eigenvalue weighted by Crippen LogP contribution is -2.05. The van der Waals surface area contributed by atoms with Crippen LogP contribution in [0.15, 0.2) is 16.7 Å². The van der Waals surface area contributed by atoms with E-state index in [2.05, 4.69) is 10.1 Å². The van der Waals surface area contributed by atoms with Gasteiger partial charge in [0.25, 0.3) is 5.89 Å². The maximum Gasteiger partial charge on any atom is 0.338 e. The third-order valence-electron chi connectivity index (χ3n) is 2.99. The van der Waals surface area contributed by atoms with Crippen molar-refractivity contribution in [3.63, 3.8) is 0 Å². The van der Waals surface area contributed by atoms with Gasteiger partial charge in [-0.1, -0.05) is 30.6 Å². The number of benzene rings is 1. The number of carbonyl (C=O) groups excluding carboxylic acids is 1. The van der Waals surface area contributed by atoms with Crippen molar-refractivity contribution in [3.05, 3.63) is 34.4 Å². The van der Waals surface area contributed by atoms with E-state index >= 15 is 0 Å². The molecule has 0 atom stereocenters. The zero-order valence-corrected chi connectivity index (χ0v) is 12.7. The van der Waals surface area contributed by atoms with Crippen molar-refractivity contribution in [2.75, 3.05) is 6.79 Å². The Morgan fingerprint density at radius 3 is 2.95 bits per heavy atom. The first-order valence-electron chi connectivity index (χ1n) is 6.63. The summed E-state index contributed by atoms with van der Waals surface area (Å²) in [6.07, 6.45) is 0. The summed E-state index contributed by atoms with van der Waals surface area (Å²) in [6.45, 7) is 3.85. The van der Waals surface area contributed by atoms with Crippen LogP contribution in [0.1, 0.15) is 41.8 Å². The van der Waals surface area contributed by atoms with Crippen LogP contribution in [0.2, 0.25) is 5.02 Å². The average Bonchev–Trinajstić information content (AvgIpc) is 3.13. The summed E-state index contributed by atoms with van der Waals surface area (Å²) in [5.74, 6) is 1.22. The van der Waals surface area contributed by atoms with Crippen molar-refractivity contribution >= 4 is 17.6 Å². The predicted molar refractivity (Wildman–Crippen MR) is 75.1 cm³/mol. The molecule has 2 aromatic rings. The van der Waals surface area contributed by atoms with Crippen molar-refractivity contribution in [3.8, 4) is 11.5 Å². The predicted octanol–water partition coefficient (Wildman–Crippen LogP) is 2.93. The highest BCUT2D eigenvalue weighted by Crippen LogP contribution is 2.39. The van der Waals surface area contributed by atoms with Crippen molar-refractivity contribution in [1.82, 2.24) is 10.1 Å². The minimum absolute atomic E-state index is 0.0769. The second kappa shape index (κ2) is 5.84. The first kappa shape index (κ1) is 14.6. The van der Waals surface area contributed by atoms with E-state index < -0.39 is 5.97 Å². The van der Waals surface area contributed by atoms with Gasteiger partial charge in [-0.3, -0.25) is 0 Å². The Bertz CT molecular complexity index is 713. The molecule has 22 heavy (non-hydrogen) atoms. The number of ether oxygens (including phenoxy) is 3. The van der Waals surface area contributed by atoms with Crippen molar-refractivity contribution in [1.29, 1.82) is 0 Å². The van der Waals surface area contributed by atoms with Gasteiger partial charge in [-0.15, -0.1) is 0 Å². The standard InChI is InChI=1S/C14H13ClN2O5/c1-7(2)13-16-11(22-17-13)5-19-14(18)8-3-9(15)12-10(4-8)20-6-21-12/h3-4,7H,5-6H2,1-2H3. The van der Waals surface area contributed by atoms with E-state index in [4.69, 9.17) is 30.3 Å². The summed E-state index contributed by atoms with van der Waals surface area (Å²) in [5.41, 5.74) is 0.262. The van der Waals surface area contributed by atoms with Crippen LogP contribution in [0.4, 0.5) is 0 Å². The highest BCUT2D eigenvalue weighted by Gasteiger charge is 2.21. The van der Waals surface area contributed by atoms with Crippen LogP contribution < -0.4 is 9.47 Å². The van der Waals surface area contributed by atoms with E-state index in [0.717, 1.165) is 0 Å². The molecule has 3 rings (SSSR count). The number of fused-ring (bicyclic) bond motifs is 1. The van der Waals surface area contributed by atoms with Crippen molar-refractivity contribution < 1.29 is 23.5 Å². The van der Waals surface area contributed by atoms with Crippen LogP contribution in [0.3, 0.4) is 0 Å². The van der Waals surface area contributed by atoms with Gasteiger partial charge < -0.3 is 18.7 Å². The molecule has 2 heterocycles. The molecular weight excluding hydrogens is 312 g/mol. The van der Waals surface area contributed by atoms with Gasteiger partial charge in [0.1, 0.15) is 0 Å². The summed E-state index contributed by atoms with van der Waals surface area (Å²) in [6, 6.07) is 2.98. The molecule has 0 N–H and O–H groups in total. The lowest BCUT2D eigenvalue weighted by molar-refractivity contribution is 0.0429. The Morgan fingerprint density at radius 2 is 2.23 bits per heavy atom. The summed E-state index contributed by atoms with van der Waals surface area (Å²) in [4.78, 5) is 16.2. The van der Waals surface area contributed by atoms with Crippen LogP contribution in [-0.2, 0) is 11.3 Å². The molecule has 0 saturated carbocycles. The molecule has 0 fully saturated rings. The molecule has 0 spiro atoms. The first-order chi connectivity index (χ1) is 10.5. The molecule has 0 unspecified atom stereocenters. The zero-order chi connectivity index (χ0) is 15.7. The topological polar surface area (TPSA) is 83.7 Å². The van der Waals surface area contributed by atoms with Crippen LogP contribution in [0.5, 0.6) is 11.5 Å². The molecule has 7 nitrogen and oxygen atoms in total. The van der Waals surface area contributed by atoms with Gasteiger partial charge in [0.15, 0.2) is 23.9 Å². The summed E-state index contributed by atoms with van der Waals surface area (Å²) < 4.78 is 20.5. The van der Waals surface area contributed by atoms with Gasteiger partial charge in [-0.05, 0) is 12.1 Å². The van der Waals surface area contributed by atoms with Gasteiger partial charge in [0.05, 0.1) is 10.6 Å². The summed E-state index contributed by atoms with van der Waals surface area (Å²) in [7, 11) is 0. The van der Waals surface area contributed by atoms with Crippen molar-refractivity contribution in [2.24, 2.45) is 0 Å². The van der Waals surface area contributed by atoms with Gasteiger partial charge >= 0.3 is 5.97 Å². The lowest BCUT2D eigenvalue weighted by Gasteiger charge is -2.04. The molecule has 0 radical (unpaired) electrons. The van der Waals surface area contributed by atoms with Gasteiger partial charge in [0.2, 0.25) is 6.79 Å². The lowest BCUT2D eigenvalue weighted by atomic mass is 10.2. The molecule has 1 aliphatic heterocycles. The highest BCUT2D eigenvalue weighted by atomic mass is 35.5. The molecule has 0 amide bonds. The monoisotopic (exact) mass is 324 g/mol. The van der Waals surface area contributed by atoms with Gasteiger partial charge in [-0.25, -0.2) is 4.79 Å². The molecular formula is C14H13ClN2O5. The fourth-order valence-corrected chi connectivity index (χ4v) is 2.12. The van der Waals surface area contributed by atoms with E-state index in [0.29, 0.717) is 22.3 Å². The Morgan fingerprint density at radius 1 is 1.41 bits per heavy atom. The minimum atomic E-state index is -0.565. The third kappa shape index (κ3) is 2.85. The first-order valence-corrected chi connectivity index (χ1v) is 7.01. The zero-order valence-electron chi connectivity index (χ0n) is 12.0. The van der Waals surface area contributed by atoms with E-state index in [1.807, 2.05) is 13.8 Å². The Labute approximate surface area is 131 Å². The van der Waals surface area contributed by atoms with Gasteiger partial charge in [-0.2, -0.15) is 4.98 Å². The fraction of sp³-hybridized carbons (Fsp3) is 0.357. The second-order valence-electron chi connectivity index (χ2n) is 4.97. The smallest absolute Gasteiger partial charge is 0.338 e. The Hall–Kier alpha value is -2.28. The quantitative estimate of drug-likeness (QED) is 0.799. The SMILES string of the molecule is CC(C)c1noc(COC(=O)c2cc(Cl)c3c(c2)OCO3)n1. The molecule has 8 heteroatoms. The summed E-state index contributed by atoms with van der Waals surface area (Å²) in [5, 5.41) is 4.09. The highest BCUT2D eigenvalue weighted by molar-refractivity contribution is 6.32. The van der Waals surface area contributed by atoms with Gasteiger partial charge in [0, 0.05) is 5.92 Å². The van der Waals surface area contributed by atoms with Crippen molar-refractivity contribution in [2.45, 2.75) is 26.4 Å². The van der Waals surface area contributed by atoms with Crippen LogP contribution in [0.25, 0.3) is 0 Å². The molecule has 1 aromatic heterocycles. The van der Waals surface area contributed by atoms with Crippen LogP contribution in [0, 0.1) is 0 Å². The molecule has 0 aliphatic carbocycles. The molecule has 1 aromatic carbocycles. The van der Waals surface area contributed by atoms with Crippen LogP contribution >= 0.6 is 11.6 Å². The largest absolute Gasteiger partial charge is 0.454 e. The number of aromatic nitrogens is 2. The van der Waals surface area contributed by atoms with E-state index in [1.165, 1.54) is 12.1 Å². The number of rotatable bonds is 4. The Kier molecular flexibility index (Phi) is 3.89. The third-order valence-corrected chi connectivity index (χ3v) is 3.27. The average molecular weight is 325 g/mol. The summed E-state index contributed by atoms with van der Waals surface area (Å²) >= 11 is 6.02. The second-order valence-corrected chi connectivity index (χ2v) is 5.38. The molecule has 0 bridgehead atoms. The number of halogens is 1. The minimum Gasteiger partial charge on any atom is -0.454 e. The molecule has 1 aliphatic rings. The van der Waals surface area contributed by atoms with E-state index in [-0.39, 0.29) is 30.8 Å². The maximum absolute atomic E-state index is 12.0. The number of hydrogen-bond donors (Lipinski definition) is 0.